The van der Waals surface area contributed by atoms with Crippen molar-refractivity contribution in [2.45, 2.75) is 39.8 Å². The van der Waals surface area contributed by atoms with Crippen LogP contribution >= 0.6 is 11.3 Å². The average Bonchev–Trinajstić information content (AvgIpc) is 3.51. The maximum absolute atomic E-state index is 12.0. The summed E-state index contributed by atoms with van der Waals surface area (Å²) in [4.78, 5) is 24.6. The maximum atomic E-state index is 12.0. The van der Waals surface area contributed by atoms with Gasteiger partial charge in [0, 0.05) is 23.1 Å². The molecule has 0 aliphatic carbocycles. The molecule has 0 saturated carbocycles. The number of aromatic nitrogens is 3. The smallest absolute Gasteiger partial charge is 0.326 e. The van der Waals surface area contributed by atoms with Crippen molar-refractivity contribution in [2.24, 2.45) is 0 Å². The Kier molecular flexibility index (Phi) is 6.92. The van der Waals surface area contributed by atoms with Crippen molar-refractivity contribution in [3.05, 3.63) is 94.0 Å². The highest BCUT2D eigenvalue weighted by Gasteiger charge is 2.20. The zero-order chi connectivity index (χ0) is 25.9. The van der Waals surface area contributed by atoms with Crippen LogP contribution in [0.4, 0.5) is 11.6 Å². The molecule has 0 spiro atoms. The summed E-state index contributed by atoms with van der Waals surface area (Å²) in [6.45, 7) is 6.62. The molecular formula is C29H29N5O2S. The molecule has 188 valence electrons. The van der Waals surface area contributed by atoms with Crippen molar-refractivity contribution in [2.75, 3.05) is 10.6 Å². The van der Waals surface area contributed by atoms with Crippen molar-refractivity contribution in [1.29, 1.82) is 0 Å². The lowest BCUT2D eigenvalue weighted by Crippen LogP contribution is -2.32. The number of nitrogens with one attached hydrogen (secondary N) is 3. The summed E-state index contributed by atoms with van der Waals surface area (Å²) in [6, 6.07) is 19.3. The molecular weight excluding hydrogens is 482 g/mol. The number of aromatic amines is 1. The monoisotopic (exact) mass is 511 g/mol. The second-order valence-corrected chi connectivity index (χ2v) is 10.2. The van der Waals surface area contributed by atoms with E-state index in [4.69, 9.17) is 4.98 Å². The molecule has 0 saturated heterocycles. The summed E-state index contributed by atoms with van der Waals surface area (Å²) >= 11 is 1.59. The topological polar surface area (TPSA) is 103 Å². The van der Waals surface area contributed by atoms with Gasteiger partial charge in [-0.1, -0.05) is 54.1 Å². The molecule has 5 rings (SSSR count). The number of nitrogens with zero attached hydrogens (tertiary/aromatic N) is 2. The number of hydrogen-bond donors (Lipinski definition) is 4. The van der Waals surface area contributed by atoms with Gasteiger partial charge in [-0.15, -0.1) is 11.3 Å². The second kappa shape index (κ2) is 10.4. The lowest BCUT2D eigenvalue weighted by molar-refractivity contribution is -0.137. The molecule has 1 atom stereocenters. The number of benzene rings is 3. The van der Waals surface area contributed by atoms with Gasteiger partial charge in [0.1, 0.15) is 11.0 Å². The number of imidazole rings is 1. The first-order valence-electron chi connectivity index (χ1n) is 12.2. The first kappa shape index (κ1) is 24.5. The highest BCUT2D eigenvalue weighted by atomic mass is 32.1. The van der Waals surface area contributed by atoms with Crippen LogP contribution in [0, 0.1) is 20.8 Å². The van der Waals surface area contributed by atoms with Crippen molar-refractivity contribution in [3.8, 4) is 10.6 Å². The van der Waals surface area contributed by atoms with E-state index in [-0.39, 0.29) is 0 Å². The van der Waals surface area contributed by atoms with E-state index >= 15 is 0 Å². The third-order valence-electron chi connectivity index (χ3n) is 6.31. The van der Waals surface area contributed by atoms with Crippen LogP contribution in [-0.4, -0.2) is 32.1 Å². The molecule has 37 heavy (non-hydrogen) atoms. The van der Waals surface area contributed by atoms with Crippen LogP contribution in [0.5, 0.6) is 0 Å². The van der Waals surface area contributed by atoms with Gasteiger partial charge in [-0.05, 0) is 49.6 Å². The number of H-pyrrole nitrogens is 1. The summed E-state index contributed by atoms with van der Waals surface area (Å²) in [5, 5.41) is 19.4. The van der Waals surface area contributed by atoms with E-state index in [9.17, 15) is 9.90 Å². The Labute approximate surface area is 219 Å². The van der Waals surface area contributed by atoms with Crippen LogP contribution in [0.1, 0.15) is 27.9 Å². The molecule has 0 aliphatic heterocycles. The quantitative estimate of drug-likeness (QED) is 0.184. The highest BCUT2D eigenvalue weighted by molar-refractivity contribution is 7.13. The number of para-hydroxylation sites is 2. The minimum Gasteiger partial charge on any atom is -0.480 e. The summed E-state index contributed by atoms with van der Waals surface area (Å²) in [5.74, 6) is -0.150. The summed E-state index contributed by atoms with van der Waals surface area (Å²) < 4.78 is 0. The molecule has 1 unspecified atom stereocenters. The predicted molar refractivity (Wildman–Crippen MR) is 150 cm³/mol. The van der Waals surface area contributed by atoms with Gasteiger partial charge in [0.2, 0.25) is 5.95 Å². The predicted octanol–water partition coefficient (Wildman–Crippen LogP) is 6.33. The van der Waals surface area contributed by atoms with Crippen LogP contribution in [-0.2, 0) is 17.8 Å². The van der Waals surface area contributed by atoms with E-state index in [1.807, 2.05) is 74.7 Å². The fraction of sp³-hybridized carbons (Fsp3) is 0.207. The minimum atomic E-state index is -0.870. The largest absolute Gasteiger partial charge is 0.480 e. The molecule has 0 amide bonds. The maximum Gasteiger partial charge on any atom is 0.326 e. The van der Waals surface area contributed by atoms with E-state index in [1.165, 1.54) is 5.56 Å². The van der Waals surface area contributed by atoms with E-state index in [2.05, 4.69) is 32.7 Å². The number of fused-ring (bicyclic) bond motifs is 1. The number of aryl methyl sites for hydroxylation is 3. The molecule has 0 bridgehead atoms. The van der Waals surface area contributed by atoms with E-state index in [0.717, 1.165) is 55.6 Å². The Morgan fingerprint density at radius 2 is 1.76 bits per heavy atom. The Balaban J connectivity index is 1.23. The van der Waals surface area contributed by atoms with Crippen molar-refractivity contribution >= 4 is 40.0 Å². The normalized spacial score (nSPS) is 12.0. The third-order valence-corrected chi connectivity index (χ3v) is 7.25. The Hall–Kier alpha value is -4.17. The van der Waals surface area contributed by atoms with E-state index < -0.39 is 12.0 Å². The fourth-order valence-corrected chi connectivity index (χ4v) is 5.36. The number of carbonyl (C=O) groups is 1. The molecule has 2 aromatic heterocycles. The third kappa shape index (κ3) is 5.65. The zero-order valence-corrected chi connectivity index (χ0v) is 21.8. The molecule has 0 radical (unpaired) electrons. The van der Waals surface area contributed by atoms with Gasteiger partial charge in [0.05, 0.1) is 23.3 Å². The minimum absolute atomic E-state index is 0.382. The van der Waals surface area contributed by atoms with Gasteiger partial charge < -0.3 is 20.7 Å². The number of hydrogen-bond acceptors (Lipinski definition) is 6. The van der Waals surface area contributed by atoms with E-state index in [1.54, 1.807) is 11.3 Å². The highest BCUT2D eigenvalue weighted by Crippen LogP contribution is 2.26. The van der Waals surface area contributed by atoms with Crippen molar-refractivity contribution < 1.29 is 9.90 Å². The van der Waals surface area contributed by atoms with Crippen LogP contribution in [0.25, 0.3) is 21.6 Å². The van der Waals surface area contributed by atoms with Gasteiger partial charge in [0.25, 0.3) is 0 Å². The molecule has 4 N–H and O–H groups in total. The molecule has 7 nitrogen and oxygen atoms in total. The molecule has 0 aliphatic rings. The van der Waals surface area contributed by atoms with Gasteiger partial charge in [-0.2, -0.15) is 0 Å². The molecule has 2 heterocycles. The number of carboxylic acid groups (broad SMARTS) is 1. The molecule has 0 fully saturated rings. The number of thiazole rings is 1. The van der Waals surface area contributed by atoms with Crippen LogP contribution < -0.4 is 10.6 Å². The van der Waals surface area contributed by atoms with Crippen LogP contribution in [0.3, 0.4) is 0 Å². The van der Waals surface area contributed by atoms with Crippen molar-refractivity contribution in [3.63, 3.8) is 0 Å². The lowest BCUT2D eigenvalue weighted by Gasteiger charge is -2.20. The first-order valence-corrected chi connectivity index (χ1v) is 13.0. The number of carboxylic acids is 1. The van der Waals surface area contributed by atoms with Crippen LogP contribution in [0.15, 0.2) is 66.0 Å². The SMILES string of the molecule is Cc1cc(C)c(NC(Cc2ccc(-c3nc(CNc4nc5ccccc5[nH]4)cs3)cc2)C(=O)O)c(C)c1. The molecule has 3 aromatic carbocycles. The first-order chi connectivity index (χ1) is 17.9. The Morgan fingerprint density at radius 3 is 2.46 bits per heavy atom. The van der Waals surface area contributed by atoms with Crippen molar-refractivity contribution in [1.82, 2.24) is 15.0 Å². The molecule has 5 aromatic rings. The van der Waals surface area contributed by atoms with Gasteiger partial charge in [0.15, 0.2) is 0 Å². The summed E-state index contributed by atoms with van der Waals surface area (Å²) in [5.41, 5.74) is 8.97. The number of anilines is 2. The Bertz CT molecular complexity index is 1500. The van der Waals surface area contributed by atoms with E-state index in [0.29, 0.717) is 13.0 Å². The molecule has 8 heteroatoms. The zero-order valence-electron chi connectivity index (χ0n) is 21.0. The lowest BCUT2D eigenvalue weighted by atomic mass is 10.0. The van der Waals surface area contributed by atoms with Gasteiger partial charge >= 0.3 is 5.97 Å². The second-order valence-electron chi connectivity index (χ2n) is 9.31. The van der Waals surface area contributed by atoms with Gasteiger partial charge in [-0.3, -0.25) is 0 Å². The summed E-state index contributed by atoms with van der Waals surface area (Å²) in [6.07, 6.45) is 0.382. The number of aliphatic carboxylic acids is 1. The average molecular weight is 512 g/mol. The number of rotatable bonds is 9. The Morgan fingerprint density at radius 1 is 1.03 bits per heavy atom. The van der Waals surface area contributed by atoms with Gasteiger partial charge in [-0.25, -0.2) is 14.8 Å². The summed E-state index contributed by atoms with van der Waals surface area (Å²) in [7, 11) is 0. The standard InChI is InChI=1S/C29H29N5O2S/c1-17-12-18(2)26(19(3)13-17)32-25(28(35)36)14-20-8-10-21(11-9-20)27-31-22(16-37-27)15-30-29-33-23-6-4-5-7-24(23)34-29/h4-13,16,25,32H,14-15H2,1-3H3,(H,35,36)(H2,30,33,34). The van der Waals surface area contributed by atoms with Crippen LogP contribution in [0.2, 0.25) is 0 Å². The fourth-order valence-electron chi connectivity index (χ4n) is 4.53.